The molecule has 92 valence electrons. The predicted molar refractivity (Wildman–Crippen MR) is 62.8 cm³/mol. The summed E-state index contributed by atoms with van der Waals surface area (Å²) >= 11 is 0. The molecule has 0 spiro atoms. The van der Waals surface area contributed by atoms with Crippen LogP contribution in [-0.4, -0.2) is 20.0 Å². The molecular weight excluding hydrogens is 254 g/mol. The van der Waals surface area contributed by atoms with E-state index in [-0.39, 0.29) is 10.6 Å². The third-order valence-corrected chi connectivity index (χ3v) is 3.83. The number of rotatable bonds is 3. The fraction of sp³-hybridized carbons (Fsp3) is 0. The maximum atomic E-state index is 12.0. The Hall–Kier alpha value is -2.05. The van der Waals surface area contributed by atoms with Gasteiger partial charge in [0.2, 0.25) is 5.78 Å². The van der Waals surface area contributed by atoms with Gasteiger partial charge >= 0.3 is 10.0 Å². The van der Waals surface area contributed by atoms with Crippen molar-refractivity contribution in [2.24, 2.45) is 0 Å². The van der Waals surface area contributed by atoms with Crippen LogP contribution in [0, 0.1) is 0 Å². The third-order valence-electron chi connectivity index (χ3n) is 2.34. The second-order valence-corrected chi connectivity index (χ2v) is 5.47. The van der Waals surface area contributed by atoms with Gasteiger partial charge in [-0.1, -0.05) is 18.2 Å². The number of ketones is 2. The minimum absolute atomic E-state index is 0.0840. The van der Waals surface area contributed by atoms with Gasteiger partial charge < -0.3 is 0 Å². The molecule has 6 heteroatoms. The SMILES string of the molecule is O=C1C=CC(=O)C([NH2+]S(=O)(=O)c2ccccc2)=C1. The van der Waals surface area contributed by atoms with Crippen LogP contribution in [0.25, 0.3) is 0 Å². The lowest BCUT2D eigenvalue weighted by molar-refractivity contribution is -0.432. The second kappa shape index (κ2) is 4.67. The van der Waals surface area contributed by atoms with Crippen LogP contribution in [0.15, 0.2) is 59.2 Å². The van der Waals surface area contributed by atoms with Crippen LogP contribution < -0.4 is 4.72 Å². The van der Waals surface area contributed by atoms with Crippen LogP contribution in [0.5, 0.6) is 0 Å². The average molecular weight is 264 g/mol. The van der Waals surface area contributed by atoms with Gasteiger partial charge in [0.1, 0.15) is 4.90 Å². The van der Waals surface area contributed by atoms with Crippen molar-refractivity contribution in [3.05, 3.63) is 54.3 Å². The predicted octanol–water partition coefficient (Wildman–Crippen LogP) is -0.469. The number of benzene rings is 1. The van der Waals surface area contributed by atoms with Crippen molar-refractivity contribution < 1.29 is 22.7 Å². The van der Waals surface area contributed by atoms with Gasteiger partial charge in [0, 0.05) is 0 Å². The first-order chi connectivity index (χ1) is 8.49. The van der Waals surface area contributed by atoms with Crippen LogP contribution in [-0.2, 0) is 19.6 Å². The quantitative estimate of drug-likeness (QED) is 0.748. The van der Waals surface area contributed by atoms with E-state index in [0.29, 0.717) is 0 Å². The summed E-state index contributed by atoms with van der Waals surface area (Å²) in [6, 6.07) is 7.72. The molecule has 2 rings (SSSR count). The zero-order chi connectivity index (χ0) is 13.2. The molecule has 0 amide bonds. The smallest absolute Gasteiger partial charge is 0.290 e. The Kier molecular flexibility index (Phi) is 3.22. The summed E-state index contributed by atoms with van der Waals surface area (Å²) in [5.41, 5.74) is -0.119. The summed E-state index contributed by atoms with van der Waals surface area (Å²) in [7, 11) is -3.72. The summed E-state index contributed by atoms with van der Waals surface area (Å²) in [5.74, 6) is -0.891. The van der Waals surface area contributed by atoms with Gasteiger partial charge in [-0.15, -0.1) is 0 Å². The maximum absolute atomic E-state index is 12.0. The molecule has 0 fully saturated rings. The van der Waals surface area contributed by atoms with Crippen molar-refractivity contribution in [1.29, 1.82) is 0 Å². The lowest BCUT2D eigenvalue weighted by Crippen LogP contribution is -2.86. The van der Waals surface area contributed by atoms with Crippen molar-refractivity contribution in [3.63, 3.8) is 0 Å². The fourth-order valence-corrected chi connectivity index (χ4v) is 2.66. The number of allylic oxidation sites excluding steroid dienone is 3. The summed E-state index contributed by atoms with van der Waals surface area (Å²) in [5, 5.41) is 0. The molecule has 18 heavy (non-hydrogen) atoms. The lowest BCUT2D eigenvalue weighted by Gasteiger charge is -2.05. The first-order valence-corrected chi connectivity index (χ1v) is 6.67. The summed E-state index contributed by atoms with van der Waals surface area (Å²) < 4.78 is 24.8. The van der Waals surface area contributed by atoms with E-state index in [1.165, 1.54) is 12.1 Å². The van der Waals surface area contributed by atoms with E-state index in [9.17, 15) is 18.0 Å². The Morgan fingerprint density at radius 3 is 2.28 bits per heavy atom. The highest BCUT2D eigenvalue weighted by Gasteiger charge is 2.25. The maximum Gasteiger partial charge on any atom is 0.328 e. The molecule has 0 saturated carbocycles. The number of nitrogens with two attached hydrogens (primary N) is 1. The first kappa shape index (κ1) is 12.4. The van der Waals surface area contributed by atoms with Crippen molar-refractivity contribution in [2.45, 2.75) is 4.90 Å². The largest absolute Gasteiger partial charge is 0.328 e. The Bertz CT molecular complexity index is 657. The molecule has 1 aliphatic carbocycles. The van der Waals surface area contributed by atoms with Crippen LogP contribution in [0.1, 0.15) is 0 Å². The van der Waals surface area contributed by atoms with E-state index in [1.807, 2.05) is 0 Å². The van der Waals surface area contributed by atoms with E-state index >= 15 is 0 Å². The number of quaternary nitrogens is 1. The van der Waals surface area contributed by atoms with E-state index in [0.717, 1.165) is 23.0 Å². The molecule has 1 aliphatic rings. The monoisotopic (exact) mass is 264 g/mol. The number of hydrogen-bond donors (Lipinski definition) is 1. The van der Waals surface area contributed by atoms with E-state index in [2.05, 4.69) is 0 Å². The Balaban J connectivity index is 2.30. The van der Waals surface area contributed by atoms with Gasteiger partial charge in [0.05, 0.1) is 6.08 Å². The van der Waals surface area contributed by atoms with Crippen molar-refractivity contribution >= 4 is 21.6 Å². The third kappa shape index (κ3) is 2.61. The van der Waals surface area contributed by atoms with Crippen LogP contribution in [0.4, 0.5) is 0 Å². The molecule has 0 unspecified atom stereocenters. The molecule has 1 aromatic rings. The zero-order valence-corrected chi connectivity index (χ0v) is 10.1. The summed E-state index contributed by atoms with van der Waals surface area (Å²) in [6.07, 6.45) is 3.19. The Morgan fingerprint density at radius 1 is 0.944 bits per heavy atom. The first-order valence-electron chi connectivity index (χ1n) is 5.12. The van der Waals surface area contributed by atoms with Crippen LogP contribution in [0.3, 0.4) is 0 Å². The molecule has 0 saturated heterocycles. The topological polar surface area (TPSA) is 84.9 Å². The highest BCUT2D eigenvalue weighted by molar-refractivity contribution is 7.84. The van der Waals surface area contributed by atoms with Gasteiger partial charge in [-0.05, 0) is 24.3 Å². The van der Waals surface area contributed by atoms with Crippen molar-refractivity contribution in [1.82, 2.24) is 0 Å². The van der Waals surface area contributed by atoms with E-state index < -0.39 is 21.6 Å². The lowest BCUT2D eigenvalue weighted by atomic mass is 10.1. The van der Waals surface area contributed by atoms with Gasteiger partial charge in [0.25, 0.3) is 0 Å². The Morgan fingerprint density at radius 2 is 1.61 bits per heavy atom. The summed E-state index contributed by atoms with van der Waals surface area (Å²) in [4.78, 5) is 22.6. The normalized spacial score (nSPS) is 15.7. The van der Waals surface area contributed by atoms with E-state index in [1.54, 1.807) is 18.2 Å². The van der Waals surface area contributed by atoms with Crippen molar-refractivity contribution in [2.75, 3.05) is 0 Å². The number of carbonyl (C=O) groups excluding carboxylic acids is 2. The van der Waals surface area contributed by atoms with Gasteiger partial charge in [0.15, 0.2) is 11.5 Å². The van der Waals surface area contributed by atoms with E-state index in [4.69, 9.17) is 0 Å². The molecule has 0 bridgehead atoms. The number of carbonyl (C=O) groups is 2. The molecular formula is C12H10NO4S+. The standard InChI is InChI=1S/C12H9NO4S/c14-9-6-7-12(15)11(8-9)13-18(16,17)10-4-2-1-3-5-10/h1-8,13H/p+1. The van der Waals surface area contributed by atoms with Crippen LogP contribution in [0.2, 0.25) is 0 Å². The molecule has 0 aliphatic heterocycles. The molecule has 5 nitrogen and oxygen atoms in total. The number of hydrogen-bond acceptors (Lipinski definition) is 4. The molecule has 0 radical (unpaired) electrons. The molecule has 0 aromatic heterocycles. The molecule has 0 heterocycles. The Labute approximate surface area is 104 Å². The molecule has 1 aromatic carbocycles. The van der Waals surface area contributed by atoms with Gasteiger partial charge in [-0.3, -0.25) is 9.59 Å². The molecule has 0 atom stereocenters. The highest BCUT2D eigenvalue weighted by atomic mass is 32.2. The average Bonchev–Trinajstić information content (AvgIpc) is 2.35. The molecule has 2 N–H and O–H groups in total. The number of primary sulfonamides is 1. The van der Waals surface area contributed by atoms with Gasteiger partial charge in [-0.25, -0.2) is 4.72 Å². The van der Waals surface area contributed by atoms with Crippen LogP contribution >= 0.6 is 0 Å². The summed E-state index contributed by atoms with van der Waals surface area (Å²) in [6.45, 7) is 0. The minimum atomic E-state index is -3.72. The second-order valence-electron chi connectivity index (χ2n) is 3.68. The fourth-order valence-electron chi connectivity index (χ4n) is 1.46. The van der Waals surface area contributed by atoms with Gasteiger partial charge in [-0.2, -0.15) is 8.42 Å². The van der Waals surface area contributed by atoms with Crippen molar-refractivity contribution in [3.8, 4) is 0 Å². The number of sulfonamides is 1. The minimum Gasteiger partial charge on any atom is -0.290 e. The highest BCUT2D eigenvalue weighted by Crippen LogP contribution is 2.05. The zero-order valence-electron chi connectivity index (χ0n) is 9.24.